The second-order valence-corrected chi connectivity index (χ2v) is 9.65. The number of esters is 1. The molecule has 0 aliphatic heterocycles. The zero-order chi connectivity index (χ0) is 28.6. The van der Waals surface area contributed by atoms with Gasteiger partial charge in [-0.05, 0) is 55.9 Å². The van der Waals surface area contributed by atoms with E-state index < -0.39 is 29.9 Å². The molecule has 39 heavy (non-hydrogen) atoms. The Balaban J connectivity index is 1.86. The number of carbonyl (C=O) groups is 3. The van der Waals surface area contributed by atoms with Gasteiger partial charge >= 0.3 is 5.97 Å². The van der Waals surface area contributed by atoms with Crippen molar-refractivity contribution in [1.82, 2.24) is 10.6 Å². The summed E-state index contributed by atoms with van der Waals surface area (Å²) in [6, 6.07) is 14.5. The normalized spacial score (nSPS) is 13.8. The molecule has 0 spiro atoms. The number of amides is 2. The Morgan fingerprint density at radius 1 is 0.923 bits per heavy atom. The minimum atomic E-state index is -0.663. The van der Waals surface area contributed by atoms with Crippen molar-refractivity contribution >= 4 is 17.8 Å². The molecule has 3 N–H and O–H groups in total. The van der Waals surface area contributed by atoms with Crippen molar-refractivity contribution in [2.24, 2.45) is 11.8 Å². The molecule has 0 aliphatic rings. The number of carbonyl (C=O) groups excluding carboxylic acids is 3. The smallest absolute Gasteiger partial charge is 0.309 e. The van der Waals surface area contributed by atoms with Gasteiger partial charge in [0, 0.05) is 6.42 Å². The lowest BCUT2D eigenvalue weighted by Crippen LogP contribution is -2.44. The maximum atomic E-state index is 13.2. The summed E-state index contributed by atoms with van der Waals surface area (Å²) in [5.41, 5.74) is 1.79. The molecule has 0 aromatic heterocycles. The van der Waals surface area contributed by atoms with Crippen LogP contribution in [-0.4, -0.2) is 48.2 Å². The van der Waals surface area contributed by atoms with Crippen molar-refractivity contribution in [1.29, 1.82) is 0 Å². The van der Waals surface area contributed by atoms with E-state index in [1.165, 1.54) is 12.1 Å². The molecule has 4 atom stereocenters. The number of hydrogen-bond acceptors (Lipinski definition) is 5. The molecule has 0 aliphatic carbocycles. The monoisotopic (exact) mass is 538 g/mol. The lowest BCUT2D eigenvalue weighted by atomic mass is 9.96. The molecule has 0 bridgehead atoms. The summed E-state index contributed by atoms with van der Waals surface area (Å²) in [6.45, 7) is 8.82. The fraction of sp³-hybridized carbons (Fsp3) is 0.387. The lowest BCUT2D eigenvalue weighted by molar-refractivity contribution is -0.149. The molecule has 0 fully saturated rings. The van der Waals surface area contributed by atoms with E-state index in [-0.39, 0.29) is 43.7 Å². The minimum absolute atomic E-state index is 0.0434. The highest BCUT2D eigenvalue weighted by Gasteiger charge is 2.25. The third kappa shape index (κ3) is 11.7. The molecule has 0 saturated heterocycles. The van der Waals surface area contributed by atoms with Crippen LogP contribution in [0.2, 0.25) is 0 Å². The van der Waals surface area contributed by atoms with Crippen molar-refractivity contribution in [2.45, 2.75) is 51.1 Å². The molecule has 7 nitrogen and oxygen atoms in total. The second-order valence-electron chi connectivity index (χ2n) is 9.65. The fourth-order valence-electron chi connectivity index (χ4n) is 4.15. The highest BCUT2D eigenvalue weighted by Crippen LogP contribution is 2.16. The highest BCUT2D eigenvalue weighted by molar-refractivity contribution is 5.86. The first kappa shape index (κ1) is 31.4. The molecule has 0 saturated carbocycles. The van der Waals surface area contributed by atoms with Crippen molar-refractivity contribution in [3.8, 4) is 0 Å². The Morgan fingerprint density at radius 3 is 2.15 bits per heavy atom. The van der Waals surface area contributed by atoms with Crippen LogP contribution in [0, 0.1) is 17.7 Å². The summed E-state index contributed by atoms with van der Waals surface area (Å²) in [6.07, 6.45) is 4.66. The largest absolute Gasteiger partial charge is 0.463 e. The fourth-order valence-corrected chi connectivity index (χ4v) is 4.15. The zero-order valence-corrected chi connectivity index (χ0v) is 22.5. The predicted molar refractivity (Wildman–Crippen MR) is 149 cm³/mol. The average molecular weight is 539 g/mol. The zero-order valence-electron chi connectivity index (χ0n) is 22.5. The maximum Gasteiger partial charge on any atom is 0.309 e. The third-order valence-electron chi connectivity index (χ3n) is 6.21. The van der Waals surface area contributed by atoms with Gasteiger partial charge < -0.3 is 20.5 Å². The van der Waals surface area contributed by atoms with Crippen molar-refractivity contribution in [2.75, 3.05) is 13.2 Å². The van der Waals surface area contributed by atoms with E-state index in [0.717, 1.165) is 11.1 Å². The van der Waals surface area contributed by atoms with Gasteiger partial charge in [0.15, 0.2) is 0 Å². The van der Waals surface area contributed by atoms with Gasteiger partial charge in [-0.3, -0.25) is 14.4 Å². The summed E-state index contributed by atoms with van der Waals surface area (Å²) in [5.74, 6) is -2.63. The van der Waals surface area contributed by atoms with Crippen molar-refractivity contribution in [3.63, 3.8) is 0 Å². The number of ether oxygens (including phenoxy) is 1. The first-order valence-electron chi connectivity index (χ1n) is 13.1. The van der Waals surface area contributed by atoms with Gasteiger partial charge in [0.1, 0.15) is 12.4 Å². The second kappa shape index (κ2) is 16.9. The van der Waals surface area contributed by atoms with Crippen LogP contribution in [0.3, 0.4) is 0 Å². The van der Waals surface area contributed by atoms with Crippen LogP contribution < -0.4 is 10.6 Å². The summed E-state index contributed by atoms with van der Waals surface area (Å²) < 4.78 is 18.6. The highest BCUT2D eigenvalue weighted by atomic mass is 19.1. The van der Waals surface area contributed by atoms with E-state index in [2.05, 4.69) is 23.8 Å². The number of hydrogen-bond donors (Lipinski definition) is 3. The van der Waals surface area contributed by atoms with E-state index in [0.29, 0.717) is 19.3 Å². The number of allylic oxidation sites excluding steroid dienone is 2. The Morgan fingerprint density at radius 2 is 1.54 bits per heavy atom. The number of nitrogens with one attached hydrogen (secondary N) is 2. The van der Waals surface area contributed by atoms with E-state index in [9.17, 15) is 23.9 Å². The van der Waals surface area contributed by atoms with Gasteiger partial charge in [-0.2, -0.15) is 0 Å². The molecule has 2 amide bonds. The number of aliphatic hydroxyl groups is 1. The predicted octanol–water partition coefficient (Wildman–Crippen LogP) is 3.91. The topological polar surface area (TPSA) is 105 Å². The quantitative estimate of drug-likeness (QED) is 0.209. The lowest BCUT2D eigenvalue weighted by Gasteiger charge is -2.22. The van der Waals surface area contributed by atoms with E-state index in [4.69, 9.17) is 4.74 Å². The summed E-state index contributed by atoms with van der Waals surface area (Å²) in [7, 11) is 0. The summed E-state index contributed by atoms with van der Waals surface area (Å²) in [5, 5.41) is 15.3. The summed E-state index contributed by atoms with van der Waals surface area (Å²) in [4.78, 5) is 38.3. The van der Waals surface area contributed by atoms with Gasteiger partial charge in [0.25, 0.3) is 0 Å². The third-order valence-corrected chi connectivity index (χ3v) is 6.21. The molecule has 2 rings (SSSR count). The van der Waals surface area contributed by atoms with Gasteiger partial charge in [-0.15, -0.1) is 13.2 Å². The number of rotatable bonds is 17. The molecule has 0 heterocycles. The SMILES string of the molecule is C=CC[C@@H](CC(=O)N[C@@H](CO)Cc1ccccc1)C(=O)N[C@@H](C)COC(=O)[C@@H](CC=C)Cc1ccc(F)cc1. The van der Waals surface area contributed by atoms with Crippen LogP contribution in [-0.2, 0) is 32.0 Å². The van der Waals surface area contributed by atoms with E-state index in [1.807, 2.05) is 30.3 Å². The Labute approximate surface area is 230 Å². The average Bonchev–Trinajstić information content (AvgIpc) is 2.92. The Bertz CT molecular complexity index is 1070. The van der Waals surface area contributed by atoms with Crippen LogP contribution in [0.25, 0.3) is 0 Å². The van der Waals surface area contributed by atoms with Crippen LogP contribution >= 0.6 is 0 Å². The first-order chi connectivity index (χ1) is 18.7. The number of benzene rings is 2. The van der Waals surface area contributed by atoms with Crippen molar-refractivity contribution in [3.05, 3.63) is 96.9 Å². The molecule has 8 heteroatoms. The van der Waals surface area contributed by atoms with Gasteiger partial charge in [0.2, 0.25) is 11.8 Å². The van der Waals surface area contributed by atoms with Gasteiger partial charge in [-0.1, -0.05) is 54.6 Å². The van der Waals surface area contributed by atoms with Crippen molar-refractivity contribution < 1.29 is 28.6 Å². The maximum absolute atomic E-state index is 13.2. The van der Waals surface area contributed by atoms with Crippen LogP contribution in [0.5, 0.6) is 0 Å². The minimum Gasteiger partial charge on any atom is -0.463 e. The molecule has 0 unspecified atom stereocenters. The molecule has 2 aromatic carbocycles. The standard InChI is InChI=1S/C31H39FN2O5/c1-4-9-25(19-29(36)34-28(20-35)18-23-11-7-6-8-12-23)30(37)33-22(3)21-39-31(38)26(10-5-2)17-24-13-15-27(32)16-14-24/h4-8,11-16,22,25-26,28,35H,1-2,9-10,17-21H2,3H3,(H,33,37)(H,34,36)/t22-,25-,26-,28+/m0/s1. The van der Waals surface area contributed by atoms with Gasteiger partial charge in [-0.25, -0.2) is 4.39 Å². The van der Waals surface area contributed by atoms with Crippen LogP contribution in [0.1, 0.15) is 37.3 Å². The summed E-state index contributed by atoms with van der Waals surface area (Å²) >= 11 is 0. The molecular weight excluding hydrogens is 499 g/mol. The molecule has 210 valence electrons. The Kier molecular flexibility index (Phi) is 13.7. The number of halogens is 1. The van der Waals surface area contributed by atoms with E-state index in [1.54, 1.807) is 31.2 Å². The number of aliphatic hydroxyl groups excluding tert-OH is 1. The molecular formula is C31H39FN2O5. The molecule has 0 radical (unpaired) electrons. The van der Waals surface area contributed by atoms with Gasteiger partial charge in [0.05, 0.1) is 30.5 Å². The van der Waals surface area contributed by atoms with Crippen LogP contribution in [0.4, 0.5) is 4.39 Å². The van der Waals surface area contributed by atoms with E-state index >= 15 is 0 Å². The Hall–Kier alpha value is -3.78. The first-order valence-corrected chi connectivity index (χ1v) is 13.1. The van der Waals surface area contributed by atoms with Crippen LogP contribution in [0.15, 0.2) is 79.9 Å². The molecule has 2 aromatic rings.